The van der Waals surface area contributed by atoms with E-state index in [4.69, 9.17) is 0 Å². The van der Waals surface area contributed by atoms with Crippen LogP contribution < -0.4 is 5.32 Å². The Morgan fingerprint density at radius 1 is 1.00 bits per heavy atom. The van der Waals surface area contributed by atoms with E-state index in [-0.39, 0.29) is 5.82 Å². The number of halogens is 1. The minimum Gasteiger partial charge on any atom is -0.354 e. The molecule has 0 radical (unpaired) electrons. The molecule has 0 aliphatic heterocycles. The summed E-state index contributed by atoms with van der Waals surface area (Å²) in [5.74, 6) is 0.305. The molecule has 0 saturated heterocycles. The maximum atomic E-state index is 13.7. The number of benzene rings is 1. The average molecular weight is 377 g/mol. The van der Waals surface area contributed by atoms with Crippen LogP contribution in [-0.4, -0.2) is 26.5 Å². The standard InChI is InChI=1S/C20H16FN5S/c21-16-5-2-1-4-14(16)7-8-24-20-25-12-15(17-13-22-9-10-23-17)19(26-20)18-6-3-11-27-18/h1-6,9-13H,7-8H2,(H,24,25,26). The summed E-state index contributed by atoms with van der Waals surface area (Å²) in [5, 5.41) is 5.18. The first kappa shape index (κ1) is 17.2. The zero-order chi connectivity index (χ0) is 18.5. The lowest BCUT2D eigenvalue weighted by atomic mass is 10.1. The number of nitrogens with zero attached hydrogens (tertiary/aromatic N) is 4. The molecular formula is C20H16FN5S. The monoisotopic (exact) mass is 377 g/mol. The first-order chi connectivity index (χ1) is 13.3. The van der Waals surface area contributed by atoms with Crippen molar-refractivity contribution in [1.82, 2.24) is 19.9 Å². The van der Waals surface area contributed by atoms with Gasteiger partial charge in [0.05, 0.1) is 22.5 Å². The highest BCUT2D eigenvalue weighted by Crippen LogP contribution is 2.32. The molecule has 3 aromatic heterocycles. The van der Waals surface area contributed by atoms with Crippen LogP contribution >= 0.6 is 11.3 Å². The zero-order valence-corrected chi connectivity index (χ0v) is 15.2. The summed E-state index contributed by atoms with van der Waals surface area (Å²) < 4.78 is 13.7. The number of hydrogen-bond acceptors (Lipinski definition) is 6. The lowest BCUT2D eigenvalue weighted by Gasteiger charge is -2.10. The van der Waals surface area contributed by atoms with Crippen LogP contribution in [0.1, 0.15) is 5.56 Å². The number of thiophene rings is 1. The van der Waals surface area contributed by atoms with Crippen LogP contribution in [0.5, 0.6) is 0 Å². The van der Waals surface area contributed by atoms with Crippen LogP contribution in [0.4, 0.5) is 10.3 Å². The Hall–Kier alpha value is -3.19. The molecule has 0 fully saturated rings. The van der Waals surface area contributed by atoms with E-state index in [9.17, 15) is 4.39 Å². The molecular weight excluding hydrogens is 361 g/mol. The summed E-state index contributed by atoms with van der Waals surface area (Å²) in [7, 11) is 0. The lowest BCUT2D eigenvalue weighted by molar-refractivity contribution is 0.610. The van der Waals surface area contributed by atoms with Crippen molar-refractivity contribution in [3.8, 4) is 21.8 Å². The summed E-state index contributed by atoms with van der Waals surface area (Å²) >= 11 is 1.60. The molecule has 0 bridgehead atoms. The van der Waals surface area contributed by atoms with Crippen LogP contribution in [0, 0.1) is 5.82 Å². The van der Waals surface area contributed by atoms with Crippen molar-refractivity contribution in [2.45, 2.75) is 6.42 Å². The zero-order valence-electron chi connectivity index (χ0n) is 14.3. The molecule has 1 N–H and O–H groups in total. The van der Waals surface area contributed by atoms with E-state index in [1.54, 1.807) is 48.3 Å². The first-order valence-corrected chi connectivity index (χ1v) is 9.34. The SMILES string of the molecule is Fc1ccccc1CCNc1ncc(-c2cnccn2)c(-c2cccs2)n1. The van der Waals surface area contributed by atoms with Gasteiger partial charge in [0, 0.05) is 30.7 Å². The summed E-state index contributed by atoms with van der Waals surface area (Å²) in [6, 6.07) is 10.8. The Balaban J connectivity index is 1.58. The van der Waals surface area contributed by atoms with Crippen molar-refractivity contribution in [3.05, 3.63) is 77.9 Å². The summed E-state index contributed by atoms with van der Waals surface area (Å²) in [6.07, 6.45) is 7.27. The fourth-order valence-electron chi connectivity index (χ4n) is 2.70. The van der Waals surface area contributed by atoms with Gasteiger partial charge in [0.25, 0.3) is 0 Å². The van der Waals surface area contributed by atoms with Crippen LogP contribution in [0.15, 0.2) is 66.6 Å². The van der Waals surface area contributed by atoms with Gasteiger partial charge >= 0.3 is 0 Å². The molecule has 0 atom stereocenters. The Morgan fingerprint density at radius 3 is 2.70 bits per heavy atom. The quantitative estimate of drug-likeness (QED) is 0.538. The van der Waals surface area contributed by atoms with E-state index < -0.39 is 0 Å². The topological polar surface area (TPSA) is 63.6 Å². The third-order valence-electron chi connectivity index (χ3n) is 4.02. The maximum absolute atomic E-state index is 13.7. The molecule has 5 nitrogen and oxygen atoms in total. The van der Waals surface area contributed by atoms with Crippen molar-refractivity contribution in [2.24, 2.45) is 0 Å². The average Bonchev–Trinajstić information content (AvgIpc) is 3.25. The molecule has 0 aliphatic carbocycles. The molecule has 0 amide bonds. The Labute approximate surface area is 160 Å². The van der Waals surface area contributed by atoms with Crippen LogP contribution in [-0.2, 0) is 6.42 Å². The fourth-order valence-corrected chi connectivity index (χ4v) is 3.43. The molecule has 0 spiro atoms. The van der Waals surface area contributed by atoms with Crippen molar-refractivity contribution >= 4 is 17.3 Å². The Morgan fingerprint density at radius 2 is 1.93 bits per heavy atom. The molecule has 0 unspecified atom stereocenters. The normalized spacial score (nSPS) is 10.7. The second kappa shape index (κ2) is 8.01. The highest BCUT2D eigenvalue weighted by atomic mass is 32.1. The van der Waals surface area contributed by atoms with Crippen molar-refractivity contribution in [2.75, 3.05) is 11.9 Å². The van der Waals surface area contributed by atoms with Gasteiger partial charge in [-0.05, 0) is 29.5 Å². The fraction of sp³-hybridized carbons (Fsp3) is 0.100. The largest absolute Gasteiger partial charge is 0.354 e. The van der Waals surface area contributed by atoms with Gasteiger partial charge < -0.3 is 5.32 Å². The van der Waals surface area contributed by atoms with Gasteiger partial charge in [-0.2, -0.15) is 0 Å². The van der Waals surface area contributed by atoms with Gasteiger partial charge in [0.2, 0.25) is 5.95 Å². The molecule has 3 heterocycles. The molecule has 7 heteroatoms. The lowest BCUT2D eigenvalue weighted by Crippen LogP contribution is -2.09. The summed E-state index contributed by atoms with van der Waals surface area (Å²) in [4.78, 5) is 18.6. The predicted molar refractivity (Wildman–Crippen MR) is 105 cm³/mol. The molecule has 0 saturated carbocycles. The van der Waals surface area contributed by atoms with Gasteiger partial charge in [-0.1, -0.05) is 24.3 Å². The summed E-state index contributed by atoms with van der Waals surface area (Å²) in [6.45, 7) is 0.537. The predicted octanol–water partition coefficient (Wildman–Crippen LogP) is 4.46. The van der Waals surface area contributed by atoms with Gasteiger partial charge in [-0.15, -0.1) is 11.3 Å². The van der Waals surface area contributed by atoms with Crippen molar-refractivity contribution in [3.63, 3.8) is 0 Å². The van der Waals surface area contributed by atoms with Crippen LogP contribution in [0.25, 0.3) is 21.8 Å². The van der Waals surface area contributed by atoms with E-state index in [1.165, 1.54) is 6.07 Å². The molecule has 1 aromatic carbocycles. The van der Waals surface area contributed by atoms with E-state index >= 15 is 0 Å². The molecule has 134 valence electrons. The third kappa shape index (κ3) is 3.98. The van der Waals surface area contributed by atoms with E-state index in [0.29, 0.717) is 24.5 Å². The number of hydrogen-bond donors (Lipinski definition) is 1. The second-order valence-electron chi connectivity index (χ2n) is 5.79. The van der Waals surface area contributed by atoms with Gasteiger partial charge in [-0.25, -0.2) is 14.4 Å². The smallest absolute Gasteiger partial charge is 0.223 e. The van der Waals surface area contributed by atoms with Crippen LogP contribution in [0.3, 0.4) is 0 Å². The van der Waals surface area contributed by atoms with Gasteiger partial charge in [-0.3, -0.25) is 9.97 Å². The Bertz CT molecular complexity index is 1020. The highest BCUT2D eigenvalue weighted by molar-refractivity contribution is 7.13. The first-order valence-electron chi connectivity index (χ1n) is 8.46. The minimum absolute atomic E-state index is 0.197. The highest BCUT2D eigenvalue weighted by Gasteiger charge is 2.13. The van der Waals surface area contributed by atoms with E-state index in [2.05, 4.69) is 25.3 Å². The third-order valence-corrected chi connectivity index (χ3v) is 4.89. The molecule has 4 aromatic rings. The van der Waals surface area contributed by atoms with Gasteiger partial charge in [0.15, 0.2) is 0 Å². The van der Waals surface area contributed by atoms with Crippen molar-refractivity contribution in [1.29, 1.82) is 0 Å². The second-order valence-corrected chi connectivity index (χ2v) is 6.74. The van der Waals surface area contributed by atoms with Crippen molar-refractivity contribution < 1.29 is 4.39 Å². The Kier molecular flexibility index (Phi) is 5.11. The number of anilines is 1. The van der Waals surface area contributed by atoms with Gasteiger partial charge in [0.1, 0.15) is 5.82 Å². The molecule has 27 heavy (non-hydrogen) atoms. The number of rotatable bonds is 6. The molecule has 0 aliphatic rings. The van der Waals surface area contributed by atoms with E-state index in [1.807, 2.05) is 23.6 Å². The summed E-state index contributed by atoms with van der Waals surface area (Å²) in [5.41, 5.74) is 3.01. The maximum Gasteiger partial charge on any atom is 0.223 e. The van der Waals surface area contributed by atoms with E-state index in [0.717, 1.165) is 21.8 Å². The minimum atomic E-state index is -0.197. The number of nitrogens with one attached hydrogen (secondary N) is 1. The molecule has 4 rings (SSSR count). The number of aromatic nitrogens is 4. The van der Waals surface area contributed by atoms with Crippen LogP contribution in [0.2, 0.25) is 0 Å².